The summed E-state index contributed by atoms with van der Waals surface area (Å²) in [5.74, 6) is 1.24. The average molecular weight is 544 g/mol. The fourth-order valence-electron chi connectivity index (χ4n) is 4.59. The van der Waals surface area contributed by atoms with Crippen LogP contribution in [0.3, 0.4) is 0 Å². The molecule has 2 N–H and O–H groups in total. The van der Waals surface area contributed by atoms with E-state index in [9.17, 15) is 14.9 Å². The molecular weight excluding hydrogens is 518 g/mol. The number of para-hydroxylation sites is 1. The van der Waals surface area contributed by atoms with Gasteiger partial charge in [0, 0.05) is 30.4 Å². The number of nitro benzene ring substituents is 1. The number of hydrogen-bond donors (Lipinski definition) is 2. The molecule has 0 saturated carbocycles. The first-order chi connectivity index (χ1) is 18.9. The van der Waals surface area contributed by atoms with Gasteiger partial charge in [-0.1, -0.05) is 25.1 Å². The molecule has 3 heterocycles. The van der Waals surface area contributed by atoms with Gasteiger partial charge in [0.1, 0.15) is 23.3 Å². The van der Waals surface area contributed by atoms with Crippen LogP contribution in [-0.4, -0.2) is 28.0 Å². The number of amides is 1. The summed E-state index contributed by atoms with van der Waals surface area (Å²) >= 11 is 5.78. The largest absolute Gasteiger partial charge is 0.494 e. The molecule has 1 aliphatic heterocycles. The molecule has 0 unspecified atom stereocenters. The molecule has 0 bridgehead atoms. The third kappa shape index (κ3) is 5.04. The SMILES string of the molecule is CCC(=O)Nc1ccc(N2C(=S)N[C@@H](c3ccccn3)[C@H]2c2ccc(-c3ccccc3[N+](=O)[O-])o2)cc1OC. The molecule has 1 fully saturated rings. The van der Waals surface area contributed by atoms with Crippen molar-refractivity contribution in [3.63, 3.8) is 0 Å². The van der Waals surface area contributed by atoms with Gasteiger partial charge in [-0.2, -0.15) is 0 Å². The van der Waals surface area contributed by atoms with E-state index in [0.29, 0.717) is 45.7 Å². The minimum Gasteiger partial charge on any atom is -0.494 e. The number of pyridine rings is 1. The third-order valence-electron chi connectivity index (χ3n) is 6.44. The molecule has 11 heteroatoms. The first kappa shape index (κ1) is 25.9. The van der Waals surface area contributed by atoms with E-state index in [4.69, 9.17) is 21.4 Å². The molecule has 10 nitrogen and oxygen atoms in total. The molecular formula is C28H25N5O5S. The molecule has 0 radical (unpaired) electrons. The van der Waals surface area contributed by atoms with E-state index in [-0.39, 0.29) is 17.6 Å². The summed E-state index contributed by atoms with van der Waals surface area (Å²) in [5.41, 5.74) is 2.31. The molecule has 1 saturated heterocycles. The average Bonchev–Trinajstić information content (AvgIpc) is 3.58. The van der Waals surface area contributed by atoms with Crippen molar-refractivity contribution in [3.8, 4) is 17.1 Å². The summed E-state index contributed by atoms with van der Waals surface area (Å²) in [7, 11) is 1.53. The van der Waals surface area contributed by atoms with Crippen LogP contribution in [0.1, 0.15) is 36.9 Å². The number of benzene rings is 2. The van der Waals surface area contributed by atoms with Crippen LogP contribution in [0.15, 0.2) is 83.4 Å². The lowest BCUT2D eigenvalue weighted by atomic mass is 10.0. The Morgan fingerprint density at radius 2 is 1.97 bits per heavy atom. The Balaban J connectivity index is 1.60. The van der Waals surface area contributed by atoms with Gasteiger partial charge in [0.05, 0.1) is 35.0 Å². The second-order valence-electron chi connectivity index (χ2n) is 8.76. The van der Waals surface area contributed by atoms with Crippen molar-refractivity contribution in [2.75, 3.05) is 17.3 Å². The van der Waals surface area contributed by atoms with Crippen molar-refractivity contribution < 1.29 is 18.9 Å². The van der Waals surface area contributed by atoms with Crippen molar-refractivity contribution in [2.45, 2.75) is 25.4 Å². The maximum Gasteiger partial charge on any atom is 0.280 e. The lowest BCUT2D eigenvalue weighted by Crippen LogP contribution is -2.29. The number of ether oxygens (including phenoxy) is 1. The first-order valence-corrected chi connectivity index (χ1v) is 12.6. The Morgan fingerprint density at radius 3 is 2.69 bits per heavy atom. The molecule has 4 aromatic rings. The Morgan fingerprint density at radius 1 is 1.18 bits per heavy atom. The standard InChI is InChI=1S/C28H25N5O5S/c1-3-25(34)30-19-12-11-17(16-24(19)37-2)32-27(26(31-28(32)39)20-9-6-7-15-29-20)23-14-13-22(38-23)18-8-4-5-10-21(18)33(35)36/h4-16,26-27H,3H2,1-2H3,(H,30,34)(H,31,39)/t26-,27+/m0/s1. The normalized spacial score (nSPS) is 16.6. The zero-order chi connectivity index (χ0) is 27.5. The van der Waals surface area contributed by atoms with E-state index in [1.165, 1.54) is 13.2 Å². The predicted octanol–water partition coefficient (Wildman–Crippen LogP) is 5.78. The van der Waals surface area contributed by atoms with Gasteiger partial charge in [-0.25, -0.2) is 0 Å². The molecule has 5 rings (SSSR count). The van der Waals surface area contributed by atoms with Gasteiger partial charge in [0.15, 0.2) is 5.11 Å². The van der Waals surface area contributed by atoms with Crippen molar-refractivity contribution in [1.29, 1.82) is 0 Å². The fourth-order valence-corrected chi connectivity index (χ4v) is 4.94. The van der Waals surface area contributed by atoms with Crippen molar-refractivity contribution in [3.05, 3.63) is 101 Å². The number of rotatable bonds is 8. The minimum atomic E-state index is -0.482. The molecule has 0 spiro atoms. The van der Waals surface area contributed by atoms with E-state index in [0.717, 1.165) is 5.69 Å². The predicted molar refractivity (Wildman–Crippen MR) is 151 cm³/mol. The van der Waals surface area contributed by atoms with Crippen LogP contribution in [0.2, 0.25) is 0 Å². The van der Waals surface area contributed by atoms with Crippen LogP contribution >= 0.6 is 12.2 Å². The van der Waals surface area contributed by atoms with Crippen molar-refractivity contribution in [2.24, 2.45) is 0 Å². The summed E-state index contributed by atoms with van der Waals surface area (Å²) in [6.07, 6.45) is 2.04. The highest BCUT2D eigenvalue weighted by molar-refractivity contribution is 7.80. The maximum atomic E-state index is 12.0. The number of nitrogens with one attached hydrogen (secondary N) is 2. The zero-order valence-corrected chi connectivity index (χ0v) is 22.0. The number of thiocarbonyl (C=S) groups is 1. The Hall–Kier alpha value is -4.77. The van der Waals surface area contributed by atoms with E-state index < -0.39 is 11.0 Å². The number of nitro groups is 1. The lowest BCUT2D eigenvalue weighted by molar-refractivity contribution is -0.384. The van der Waals surface area contributed by atoms with Crippen LogP contribution in [0.4, 0.5) is 17.1 Å². The Kier molecular flexibility index (Phi) is 7.24. The molecule has 1 aliphatic rings. The molecule has 198 valence electrons. The number of hydrogen-bond acceptors (Lipinski definition) is 7. The molecule has 39 heavy (non-hydrogen) atoms. The number of carbonyl (C=O) groups excluding carboxylic acids is 1. The maximum absolute atomic E-state index is 12.0. The molecule has 2 aromatic carbocycles. The Labute approximate surface area is 229 Å². The zero-order valence-electron chi connectivity index (χ0n) is 21.2. The third-order valence-corrected chi connectivity index (χ3v) is 6.76. The molecule has 0 aliphatic carbocycles. The summed E-state index contributed by atoms with van der Waals surface area (Å²) < 4.78 is 11.9. The van der Waals surface area contributed by atoms with Gasteiger partial charge in [0.2, 0.25) is 5.91 Å². The van der Waals surface area contributed by atoms with Crippen molar-refractivity contribution in [1.82, 2.24) is 10.3 Å². The quantitative estimate of drug-likeness (QED) is 0.162. The van der Waals surface area contributed by atoms with E-state index in [2.05, 4.69) is 15.6 Å². The van der Waals surface area contributed by atoms with Crippen LogP contribution < -0.4 is 20.3 Å². The van der Waals surface area contributed by atoms with Gasteiger partial charge in [-0.3, -0.25) is 19.9 Å². The number of aromatic nitrogens is 1. The summed E-state index contributed by atoms with van der Waals surface area (Å²) in [5, 5.41) is 18.3. The van der Waals surface area contributed by atoms with Crippen LogP contribution in [-0.2, 0) is 4.79 Å². The summed E-state index contributed by atoms with van der Waals surface area (Å²) in [6.45, 7) is 1.77. The van der Waals surface area contributed by atoms with Crippen LogP contribution in [0.25, 0.3) is 11.3 Å². The van der Waals surface area contributed by atoms with Gasteiger partial charge in [-0.15, -0.1) is 0 Å². The number of nitrogens with zero attached hydrogens (tertiary/aromatic N) is 3. The van der Waals surface area contributed by atoms with E-state index in [1.54, 1.807) is 55.6 Å². The van der Waals surface area contributed by atoms with Gasteiger partial charge >= 0.3 is 0 Å². The first-order valence-electron chi connectivity index (χ1n) is 12.2. The van der Waals surface area contributed by atoms with Gasteiger partial charge in [0.25, 0.3) is 5.69 Å². The number of methoxy groups -OCH3 is 1. The second kappa shape index (κ2) is 10.9. The molecule has 1 amide bonds. The number of carbonyl (C=O) groups is 1. The second-order valence-corrected chi connectivity index (χ2v) is 9.15. The topological polar surface area (TPSA) is 123 Å². The highest BCUT2D eigenvalue weighted by Crippen LogP contribution is 2.45. The van der Waals surface area contributed by atoms with Crippen molar-refractivity contribution >= 4 is 40.3 Å². The number of furan rings is 1. The van der Waals surface area contributed by atoms with Crippen LogP contribution in [0.5, 0.6) is 5.75 Å². The lowest BCUT2D eigenvalue weighted by Gasteiger charge is -2.27. The number of anilines is 2. The minimum absolute atomic E-state index is 0.0500. The highest BCUT2D eigenvalue weighted by atomic mass is 32.1. The summed E-state index contributed by atoms with van der Waals surface area (Å²) in [4.78, 5) is 29.6. The van der Waals surface area contributed by atoms with Gasteiger partial charge in [-0.05, 0) is 54.7 Å². The monoisotopic (exact) mass is 543 g/mol. The highest BCUT2D eigenvalue weighted by Gasteiger charge is 2.43. The molecule has 2 aromatic heterocycles. The Bertz CT molecular complexity index is 1540. The van der Waals surface area contributed by atoms with Gasteiger partial charge < -0.3 is 24.7 Å². The van der Waals surface area contributed by atoms with E-state index in [1.807, 2.05) is 29.2 Å². The summed E-state index contributed by atoms with van der Waals surface area (Å²) in [6, 6.07) is 20.1. The smallest absolute Gasteiger partial charge is 0.280 e. The molecule has 2 atom stereocenters. The fraction of sp³-hybridized carbons (Fsp3) is 0.179. The van der Waals surface area contributed by atoms with Crippen LogP contribution in [0, 0.1) is 10.1 Å². The van der Waals surface area contributed by atoms with E-state index >= 15 is 0 Å².